The third kappa shape index (κ3) is 3.07. The maximum Gasteiger partial charge on any atom is 0.138 e. The summed E-state index contributed by atoms with van der Waals surface area (Å²) >= 11 is 0. The zero-order valence-corrected chi connectivity index (χ0v) is 12.8. The van der Waals surface area contributed by atoms with E-state index in [1.165, 1.54) is 11.1 Å². The molecule has 0 aliphatic carbocycles. The molecule has 0 bridgehead atoms. The van der Waals surface area contributed by atoms with Gasteiger partial charge in [0.2, 0.25) is 0 Å². The Balaban J connectivity index is 2.39. The number of hydrogen-bond acceptors (Lipinski definition) is 4. The van der Waals surface area contributed by atoms with Crippen molar-refractivity contribution in [1.29, 1.82) is 0 Å². The number of nitrogens with two attached hydrogens (primary N) is 1. The van der Waals surface area contributed by atoms with Crippen LogP contribution < -0.4 is 11.1 Å². The van der Waals surface area contributed by atoms with Crippen molar-refractivity contribution in [2.24, 2.45) is 0 Å². The van der Waals surface area contributed by atoms with Gasteiger partial charge in [0.15, 0.2) is 0 Å². The van der Waals surface area contributed by atoms with Crippen molar-refractivity contribution in [3.8, 4) is 0 Å². The van der Waals surface area contributed by atoms with Gasteiger partial charge in [-0.05, 0) is 31.0 Å². The van der Waals surface area contributed by atoms with E-state index in [2.05, 4.69) is 56.0 Å². The minimum atomic E-state index is -0.131. The third-order valence-corrected chi connectivity index (χ3v) is 3.28. The summed E-state index contributed by atoms with van der Waals surface area (Å²) in [4.78, 5) is 8.88. The molecule has 2 rings (SSSR count). The highest BCUT2D eigenvalue weighted by Gasteiger charge is 2.18. The summed E-state index contributed by atoms with van der Waals surface area (Å²) in [6, 6.07) is 7.92. The maximum atomic E-state index is 5.89. The maximum absolute atomic E-state index is 5.89. The molecule has 3 N–H and O–H groups in total. The summed E-state index contributed by atoms with van der Waals surface area (Å²) in [5.41, 5.74) is 9.25. The molecule has 0 aliphatic rings. The number of hydrogen-bond donors (Lipinski definition) is 2. The fourth-order valence-corrected chi connectivity index (χ4v) is 1.89. The van der Waals surface area contributed by atoms with Crippen molar-refractivity contribution in [1.82, 2.24) is 9.97 Å². The third-order valence-electron chi connectivity index (χ3n) is 3.28. The minimum Gasteiger partial charge on any atom is -0.384 e. The van der Waals surface area contributed by atoms with Crippen molar-refractivity contribution in [2.45, 2.75) is 40.0 Å². The Kier molecular flexibility index (Phi) is 3.66. The number of aromatic nitrogens is 2. The van der Waals surface area contributed by atoms with Crippen LogP contribution in [0.25, 0.3) is 0 Å². The molecule has 4 heteroatoms. The fourth-order valence-electron chi connectivity index (χ4n) is 1.89. The van der Waals surface area contributed by atoms with E-state index in [4.69, 9.17) is 5.73 Å². The molecular formula is C16H22N4. The fraction of sp³-hybridized carbons (Fsp3) is 0.375. The second-order valence-corrected chi connectivity index (χ2v) is 6.12. The van der Waals surface area contributed by atoms with E-state index in [9.17, 15) is 0 Å². The minimum absolute atomic E-state index is 0.131. The van der Waals surface area contributed by atoms with Crippen molar-refractivity contribution in [3.05, 3.63) is 41.2 Å². The number of anilines is 3. The smallest absolute Gasteiger partial charge is 0.138 e. The molecule has 4 nitrogen and oxygen atoms in total. The molecule has 0 amide bonds. The van der Waals surface area contributed by atoms with E-state index in [-0.39, 0.29) is 5.41 Å². The number of rotatable bonds is 2. The molecule has 1 aromatic carbocycles. The SMILES string of the molecule is Cc1cccc(Nc2cc(N)nc(C(C)(C)C)n2)c1C. The van der Waals surface area contributed by atoms with Crippen LogP contribution in [0.5, 0.6) is 0 Å². The quantitative estimate of drug-likeness (QED) is 0.873. The average molecular weight is 270 g/mol. The molecule has 20 heavy (non-hydrogen) atoms. The summed E-state index contributed by atoms with van der Waals surface area (Å²) in [6.45, 7) is 10.4. The standard InChI is InChI=1S/C16H22N4/c1-10-7-6-8-12(11(10)2)18-14-9-13(17)19-15(20-14)16(3,4)5/h6-9H,1-5H3,(H3,17,18,19,20). The van der Waals surface area contributed by atoms with Crippen molar-refractivity contribution >= 4 is 17.3 Å². The van der Waals surface area contributed by atoms with Crippen molar-refractivity contribution < 1.29 is 0 Å². The molecule has 2 aromatic rings. The Morgan fingerprint density at radius 1 is 1.10 bits per heavy atom. The highest BCUT2D eigenvalue weighted by molar-refractivity contribution is 5.63. The predicted molar refractivity (Wildman–Crippen MR) is 84.3 cm³/mol. The van der Waals surface area contributed by atoms with Crippen LogP contribution in [-0.4, -0.2) is 9.97 Å². The van der Waals surface area contributed by atoms with Crippen molar-refractivity contribution in [2.75, 3.05) is 11.1 Å². The van der Waals surface area contributed by atoms with E-state index < -0.39 is 0 Å². The molecule has 0 fully saturated rings. The number of nitrogens with zero attached hydrogens (tertiary/aromatic N) is 2. The Bertz CT molecular complexity index is 627. The summed E-state index contributed by atoms with van der Waals surface area (Å²) < 4.78 is 0. The normalized spacial score (nSPS) is 11.4. The number of nitrogens with one attached hydrogen (secondary N) is 1. The van der Waals surface area contributed by atoms with E-state index >= 15 is 0 Å². The van der Waals surface area contributed by atoms with Gasteiger partial charge in [-0.15, -0.1) is 0 Å². The van der Waals surface area contributed by atoms with Crippen LogP contribution in [0.15, 0.2) is 24.3 Å². The molecule has 1 heterocycles. The summed E-state index contributed by atoms with van der Waals surface area (Å²) in [6.07, 6.45) is 0. The van der Waals surface area contributed by atoms with E-state index in [1.807, 2.05) is 12.1 Å². The van der Waals surface area contributed by atoms with Crippen LogP contribution in [0.1, 0.15) is 37.7 Å². The topological polar surface area (TPSA) is 63.8 Å². The molecule has 0 atom stereocenters. The van der Waals surface area contributed by atoms with Crippen LogP contribution in [0, 0.1) is 13.8 Å². The average Bonchev–Trinajstić information content (AvgIpc) is 2.33. The first-order chi connectivity index (χ1) is 9.27. The highest BCUT2D eigenvalue weighted by atomic mass is 15.1. The number of benzene rings is 1. The lowest BCUT2D eigenvalue weighted by Crippen LogP contribution is -2.17. The van der Waals surface area contributed by atoms with Gasteiger partial charge in [0, 0.05) is 17.2 Å². The van der Waals surface area contributed by atoms with Gasteiger partial charge in [-0.2, -0.15) is 0 Å². The summed E-state index contributed by atoms with van der Waals surface area (Å²) in [5.74, 6) is 1.96. The van der Waals surface area contributed by atoms with E-state index in [1.54, 1.807) is 6.07 Å². The summed E-state index contributed by atoms with van der Waals surface area (Å²) in [5, 5.41) is 3.34. The lowest BCUT2D eigenvalue weighted by atomic mass is 9.96. The molecule has 0 aliphatic heterocycles. The summed E-state index contributed by atoms with van der Waals surface area (Å²) in [7, 11) is 0. The Morgan fingerprint density at radius 2 is 1.80 bits per heavy atom. The van der Waals surface area contributed by atoms with Crippen molar-refractivity contribution in [3.63, 3.8) is 0 Å². The van der Waals surface area contributed by atoms with Gasteiger partial charge in [0.1, 0.15) is 17.5 Å². The molecular weight excluding hydrogens is 248 g/mol. The van der Waals surface area contributed by atoms with Gasteiger partial charge >= 0.3 is 0 Å². The first-order valence-electron chi connectivity index (χ1n) is 6.75. The van der Waals surface area contributed by atoms with Gasteiger partial charge in [-0.25, -0.2) is 9.97 Å². The first kappa shape index (κ1) is 14.3. The first-order valence-corrected chi connectivity index (χ1v) is 6.75. The number of nitrogen functional groups attached to an aromatic ring is 1. The molecule has 106 valence electrons. The van der Waals surface area contributed by atoms with Crippen LogP contribution in [0.4, 0.5) is 17.3 Å². The van der Waals surface area contributed by atoms with E-state index in [0.717, 1.165) is 17.3 Å². The van der Waals surface area contributed by atoms with Gasteiger partial charge < -0.3 is 11.1 Å². The van der Waals surface area contributed by atoms with Crippen LogP contribution in [0.3, 0.4) is 0 Å². The predicted octanol–water partition coefficient (Wildman–Crippen LogP) is 3.72. The van der Waals surface area contributed by atoms with Crippen LogP contribution >= 0.6 is 0 Å². The molecule has 0 spiro atoms. The van der Waals surface area contributed by atoms with Gasteiger partial charge in [-0.3, -0.25) is 0 Å². The van der Waals surface area contributed by atoms with E-state index in [0.29, 0.717) is 5.82 Å². The Labute approximate surface area is 120 Å². The van der Waals surface area contributed by atoms with Gasteiger partial charge in [0.25, 0.3) is 0 Å². The lowest BCUT2D eigenvalue weighted by Gasteiger charge is -2.18. The van der Waals surface area contributed by atoms with Gasteiger partial charge in [-0.1, -0.05) is 32.9 Å². The van der Waals surface area contributed by atoms with Gasteiger partial charge in [0.05, 0.1) is 0 Å². The lowest BCUT2D eigenvalue weighted by molar-refractivity contribution is 0.547. The molecule has 0 saturated carbocycles. The zero-order chi connectivity index (χ0) is 14.9. The van der Waals surface area contributed by atoms with Crippen LogP contribution in [-0.2, 0) is 5.41 Å². The number of aryl methyl sites for hydroxylation is 1. The second-order valence-electron chi connectivity index (χ2n) is 6.12. The molecule has 0 unspecified atom stereocenters. The van der Waals surface area contributed by atoms with Crippen LogP contribution in [0.2, 0.25) is 0 Å². The Hall–Kier alpha value is -2.10. The largest absolute Gasteiger partial charge is 0.384 e. The zero-order valence-electron chi connectivity index (χ0n) is 12.8. The molecule has 0 saturated heterocycles. The second kappa shape index (κ2) is 5.12. The monoisotopic (exact) mass is 270 g/mol. The molecule has 1 aromatic heterocycles. The molecule has 0 radical (unpaired) electrons. The highest BCUT2D eigenvalue weighted by Crippen LogP contribution is 2.25. The Morgan fingerprint density at radius 3 is 2.45 bits per heavy atom.